The van der Waals surface area contributed by atoms with Crippen LogP contribution >= 0.6 is 0 Å². The van der Waals surface area contributed by atoms with Gasteiger partial charge in [-0.1, -0.05) is 55.3 Å². The van der Waals surface area contributed by atoms with Gasteiger partial charge < -0.3 is 15.0 Å². The number of aliphatic hydroxyl groups is 1. The Morgan fingerprint density at radius 3 is 2.61 bits per heavy atom. The number of hydrogen-bond donors (Lipinski definition) is 2. The van der Waals surface area contributed by atoms with E-state index in [1.165, 1.54) is 0 Å². The molecule has 3 aliphatic rings. The van der Waals surface area contributed by atoms with Crippen LogP contribution in [0.15, 0.2) is 53.3 Å². The Morgan fingerprint density at radius 1 is 1.15 bits per heavy atom. The summed E-state index contributed by atoms with van der Waals surface area (Å²) in [5.41, 5.74) is 2.75. The molecule has 0 radical (unpaired) electrons. The minimum absolute atomic E-state index is 0.00306. The molecule has 0 spiro atoms. The number of rotatable bonds is 6. The molecule has 6 nitrogen and oxygen atoms in total. The lowest BCUT2D eigenvalue weighted by Crippen LogP contribution is -2.50. The van der Waals surface area contributed by atoms with Crippen molar-refractivity contribution in [3.05, 3.63) is 75.7 Å². The number of hydrogen-bond acceptors (Lipinski definition) is 4. The van der Waals surface area contributed by atoms with E-state index in [0.717, 1.165) is 36.9 Å². The zero-order chi connectivity index (χ0) is 22.9. The lowest BCUT2D eigenvalue weighted by molar-refractivity contribution is -0.128. The zero-order valence-electron chi connectivity index (χ0n) is 19.2. The Kier molecular flexibility index (Phi) is 6.21. The summed E-state index contributed by atoms with van der Waals surface area (Å²) < 4.78 is 1.86. The monoisotopic (exact) mass is 447 g/mol. The van der Waals surface area contributed by atoms with Crippen molar-refractivity contribution in [3.8, 4) is 0 Å². The van der Waals surface area contributed by atoms with E-state index >= 15 is 0 Å². The highest BCUT2D eigenvalue weighted by molar-refractivity contribution is 5.83. The molecule has 2 aliphatic heterocycles. The fourth-order valence-electron chi connectivity index (χ4n) is 6.26. The van der Waals surface area contributed by atoms with Gasteiger partial charge in [0.1, 0.15) is 0 Å². The van der Waals surface area contributed by atoms with E-state index in [2.05, 4.69) is 22.3 Å². The van der Waals surface area contributed by atoms with Crippen molar-refractivity contribution in [1.29, 1.82) is 0 Å². The van der Waals surface area contributed by atoms with Gasteiger partial charge in [-0.15, -0.1) is 0 Å². The van der Waals surface area contributed by atoms with Gasteiger partial charge in [-0.25, -0.2) is 0 Å². The van der Waals surface area contributed by atoms with Crippen LogP contribution in [0, 0.1) is 11.8 Å². The Bertz CT molecular complexity index is 1090. The number of fused-ring (bicyclic) bond motifs is 3. The molecule has 174 valence electrons. The number of nitrogens with one attached hydrogen (secondary N) is 1. The molecular weight excluding hydrogens is 414 g/mol. The Hall–Kier alpha value is -2.70. The molecule has 2 fully saturated rings. The minimum atomic E-state index is -0.412. The summed E-state index contributed by atoms with van der Waals surface area (Å²) in [6.45, 7) is 2.97. The first-order valence-corrected chi connectivity index (χ1v) is 12.2. The highest BCUT2D eigenvalue weighted by Crippen LogP contribution is 2.49. The number of aromatic nitrogens is 1. The summed E-state index contributed by atoms with van der Waals surface area (Å²) in [5.74, 6) is -0.179. The molecule has 1 aromatic heterocycles. The number of carbonyl (C=O) groups excluding carboxylic acids is 1. The molecule has 4 atom stereocenters. The van der Waals surface area contributed by atoms with Gasteiger partial charge in [0.15, 0.2) is 0 Å². The van der Waals surface area contributed by atoms with Gasteiger partial charge in [-0.3, -0.25) is 14.5 Å². The number of aliphatic hydroxyl groups excluding tert-OH is 1. The minimum Gasteiger partial charge on any atom is -0.396 e. The van der Waals surface area contributed by atoms with E-state index in [9.17, 15) is 14.7 Å². The fourth-order valence-corrected chi connectivity index (χ4v) is 6.26. The number of amides is 1. The Morgan fingerprint density at radius 2 is 1.91 bits per heavy atom. The van der Waals surface area contributed by atoms with E-state index in [1.807, 2.05) is 54.0 Å². The van der Waals surface area contributed by atoms with Crippen molar-refractivity contribution in [2.45, 2.75) is 63.8 Å². The number of nitrogens with zero attached hydrogens (tertiary/aromatic N) is 2. The summed E-state index contributed by atoms with van der Waals surface area (Å²) in [5, 5.41) is 13.7. The second-order valence-electron chi connectivity index (χ2n) is 9.68. The van der Waals surface area contributed by atoms with Crippen LogP contribution < -0.4 is 10.9 Å². The van der Waals surface area contributed by atoms with E-state index in [0.29, 0.717) is 18.7 Å². The van der Waals surface area contributed by atoms with Gasteiger partial charge in [0.25, 0.3) is 5.56 Å². The average molecular weight is 448 g/mol. The number of likely N-dealkylation sites (tertiary alicyclic amines) is 1. The second-order valence-corrected chi connectivity index (χ2v) is 9.68. The summed E-state index contributed by atoms with van der Waals surface area (Å²) in [6.07, 6.45) is 8.08. The second kappa shape index (κ2) is 9.27. The van der Waals surface area contributed by atoms with Crippen LogP contribution in [0.3, 0.4) is 0 Å². The lowest BCUT2D eigenvalue weighted by atomic mass is 9.88. The van der Waals surface area contributed by atoms with Crippen molar-refractivity contribution < 1.29 is 9.90 Å². The van der Waals surface area contributed by atoms with Crippen LogP contribution in [0.2, 0.25) is 0 Å². The molecule has 0 unspecified atom stereocenters. The average Bonchev–Trinajstić information content (AvgIpc) is 3.53. The predicted octanol–water partition coefficient (Wildman–Crippen LogP) is 3.10. The predicted molar refractivity (Wildman–Crippen MR) is 128 cm³/mol. The van der Waals surface area contributed by atoms with E-state index < -0.39 is 6.04 Å². The maximum absolute atomic E-state index is 13.6. The van der Waals surface area contributed by atoms with Crippen LogP contribution in [-0.2, 0) is 17.9 Å². The molecule has 2 N–H and O–H groups in total. The normalized spacial score (nSPS) is 27.2. The molecule has 33 heavy (non-hydrogen) atoms. The first-order chi connectivity index (χ1) is 16.1. The molecule has 2 aromatic rings. The molecule has 1 saturated heterocycles. The first-order valence-electron chi connectivity index (χ1n) is 12.2. The van der Waals surface area contributed by atoms with Crippen molar-refractivity contribution in [1.82, 2.24) is 14.8 Å². The third kappa shape index (κ3) is 3.96. The Balaban J connectivity index is 1.54. The summed E-state index contributed by atoms with van der Waals surface area (Å²) in [7, 11) is 0. The maximum atomic E-state index is 13.6. The molecule has 1 amide bonds. The molecule has 1 saturated carbocycles. The standard InChI is InChI=1S/C27H33N3O3/c1-2-8-19-13-14-23-24-21(16-29(23)27(19)33)22(17-31)25(26(32)28-20-11-6-7-12-20)30(24)15-18-9-4-3-5-10-18/h2-5,8-10,13-14,20-22,24-25,31H,6-7,11-12,15-17H2,1H3,(H,28,32)/b8-2-/t21-,22-,24+,25-/m0/s1. The van der Waals surface area contributed by atoms with Gasteiger partial charge in [-0.2, -0.15) is 0 Å². The first kappa shape index (κ1) is 22.1. The van der Waals surface area contributed by atoms with Gasteiger partial charge in [0.2, 0.25) is 5.91 Å². The fraction of sp³-hybridized carbons (Fsp3) is 0.481. The quantitative estimate of drug-likeness (QED) is 0.714. The van der Waals surface area contributed by atoms with Gasteiger partial charge in [-0.05, 0) is 37.5 Å². The smallest absolute Gasteiger partial charge is 0.258 e. The van der Waals surface area contributed by atoms with Gasteiger partial charge in [0.05, 0.1) is 12.1 Å². The van der Waals surface area contributed by atoms with Crippen LogP contribution in [0.4, 0.5) is 0 Å². The SMILES string of the molecule is C/C=C\c1ccc2n(c1=O)C[C@H]1[C@H](CO)[C@@H](C(=O)NC3CCCC3)N(Cc3ccccc3)[C@@H]21. The third-order valence-corrected chi connectivity index (χ3v) is 7.74. The van der Waals surface area contributed by atoms with Gasteiger partial charge in [0, 0.05) is 48.8 Å². The van der Waals surface area contributed by atoms with Crippen LogP contribution in [0.25, 0.3) is 6.08 Å². The van der Waals surface area contributed by atoms with Crippen molar-refractivity contribution >= 4 is 12.0 Å². The number of benzene rings is 1. The molecule has 1 aromatic carbocycles. The van der Waals surface area contributed by atoms with E-state index in [4.69, 9.17) is 0 Å². The number of carbonyl (C=O) groups is 1. The highest BCUT2D eigenvalue weighted by Gasteiger charge is 2.55. The Labute approximate surface area is 194 Å². The summed E-state index contributed by atoms with van der Waals surface area (Å²) >= 11 is 0. The van der Waals surface area contributed by atoms with Gasteiger partial charge >= 0.3 is 0 Å². The van der Waals surface area contributed by atoms with E-state index in [-0.39, 0.29) is 42.0 Å². The van der Waals surface area contributed by atoms with Crippen molar-refractivity contribution in [2.24, 2.45) is 11.8 Å². The van der Waals surface area contributed by atoms with Crippen molar-refractivity contribution in [3.63, 3.8) is 0 Å². The number of pyridine rings is 1. The third-order valence-electron chi connectivity index (χ3n) is 7.74. The number of allylic oxidation sites excluding steroid dienone is 1. The highest BCUT2D eigenvalue weighted by atomic mass is 16.3. The molecule has 0 bridgehead atoms. The van der Waals surface area contributed by atoms with E-state index in [1.54, 1.807) is 0 Å². The van der Waals surface area contributed by atoms with Crippen LogP contribution in [0.5, 0.6) is 0 Å². The largest absolute Gasteiger partial charge is 0.396 e. The van der Waals surface area contributed by atoms with Crippen LogP contribution in [0.1, 0.15) is 55.5 Å². The molecule has 5 rings (SSSR count). The van der Waals surface area contributed by atoms with Crippen molar-refractivity contribution in [2.75, 3.05) is 6.61 Å². The molecule has 6 heteroatoms. The molecule has 3 heterocycles. The molecule has 1 aliphatic carbocycles. The van der Waals surface area contributed by atoms with Crippen LogP contribution in [-0.4, -0.2) is 39.2 Å². The summed E-state index contributed by atoms with van der Waals surface area (Å²) in [6, 6.07) is 13.8. The topological polar surface area (TPSA) is 74.6 Å². The maximum Gasteiger partial charge on any atom is 0.258 e. The summed E-state index contributed by atoms with van der Waals surface area (Å²) in [4.78, 5) is 29.0. The zero-order valence-corrected chi connectivity index (χ0v) is 19.2. The molecular formula is C27H33N3O3. The lowest BCUT2D eigenvalue weighted by Gasteiger charge is -2.31.